The van der Waals surface area contributed by atoms with Crippen LogP contribution < -0.4 is 5.48 Å². The number of furan rings is 1. The van der Waals surface area contributed by atoms with E-state index in [9.17, 15) is 4.79 Å². The molecule has 0 bridgehead atoms. The summed E-state index contributed by atoms with van der Waals surface area (Å²) in [7, 11) is 1.44. The molecule has 132 valence electrons. The Morgan fingerprint density at radius 2 is 2.12 bits per heavy atom. The van der Waals surface area contributed by atoms with E-state index in [0.29, 0.717) is 11.5 Å². The maximum Gasteiger partial charge on any atom is 0.275 e. The second-order valence-corrected chi connectivity index (χ2v) is 6.66. The molecule has 1 aliphatic carbocycles. The van der Waals surface area contributed by atoms with Gasteiger partial charge >= 0.3 is 0 Å². The highest BCUT2D eigenvalue weighted by atomic mass is 16.6. The van der Waals surface area contributed by atoms with Crippen molar-refractivity contribution in [2.45, 2.75) is 19.8 Å². The molecule has 26 heavy (non-hydrogen) atoms. The van der Waals surface area contributed by atoms with E-state index in [2.05, 4.69) is 12.4 Å². The normalized spacial score (nSPS) is 18.1. The zero-order chi connectivity index (χ0) is 18.1. The molecule has 1 amide bonds. The van der Waals surface area contributed by atoms with E-state index >= 15 is 0 Å². The van der Waals surface area contributed by atoms with Crippen molar-refractivity contribution in [1.82, 2.24) is 10.5 Å². The Labute approximate surface area is 151 Å². The van der Waals surface area contributed by atoms with Crippen LogP contribution in [-0.2, 0) is 11.3 Å². The Morgan fingerprint density at radius 3 is 2.88 bits per heavy atom. The first kappa shape index (κ1) is 16.5. The van der Waals surface area contributed by atoms with Crippen LogP contribution in [-0.4, -0.2) is 18.0 Å². The van der Waals surface area contributed by atoms with Crippen LogP contribution in [0.2, 0.25) is 0 Å². The lowest BCUT2D eigenvalue weighted by Gasteiger charge is -2.26. The second-order valence-electron chi connectivity index (χ2n) is 6.66. The van der Waals surface area contributed by atoms with Gasteiger partial charge in [0.1, 0.15) is 5.76 Å². The van der Waals surface area contributed by atoms with Gasteiger partial charge in [-0.2, -0.15) is 0 Å². The number of carbonyl (C=O) groups is 1. The monoisotopic (exact) mass is 348 g/mol. The average molecular weight is 348 g/mol. The zero-order valence-corrected chi connectivity index (χ0v) is 14.8. The van der Waals surface area contributed by atoms with Crippen molar-refractivity contribution in [3.05, 3.63) is 65.2 Å². The van der Waals surface area contributed by atoms with Crippen molar-refractivity contribution < 1.29 is 14.0 Å². The molecule has 0 fully saturated rings. The van der Waals surface area contributed by atoms with Crippen LogP contribution in [0.5, 0.6) is 0 Å². The molecule has 0 spiro atoms. The number of carbonyl (C=O) groups excluding carboxylic acids is 1. The minimum absolute atomic E-state index is 0.242. The van der Waals surface area contributed by atoms with Crippen LogP contribution >= 0.6 is 0 Å². The summed E-state index contributed by atoms with van der Waals surface area (Å²) in [5.41, 5.74) is 6.85. The molecule has 1 unspecified atom stereocenters. The van der Waals surface area contributed by atoms with E-state index < -0.39 is 0 Å². The van der Waals surface area contributed by atoms with E-state index in [4.69, 9.17) is 14.2 Å². The topological polar surface area (TPSA) is 64.4 Å². The number of benzene rings is 1. The van der Waals surface area contributed by atoms with Gasteiger partial charge in [-0.25, -0.2) is 10.5 Å². The summed E-state index contributed by atoms with van der Waals surface area (Å²) in [6.45, 7) is 2.19. The lowest BCUT2D eigenvalue weighted by molar-refractivity contribution is 0.0538. The highest BCUT2D eigenvalue weighted by molar-refractivity contribution is 6.08. The fourth-order valence-corrected chi connectivity index (χ4v) is 3.68. The summed E-state index contributed by atoms with van der Waals surface area (Å²) in [4.78, 5) is 22.5. The molecular weight excluding hydrogens is 328 g/mol. The molecule has 1 aromatic carbocycles. The van der Waals surface area contributed by atoms with Gasteiger partial charge in [-0.15, -0.1) is 0 Å². The smallest absolute Gasteiger partial charge is 0.275 e. The van der Waals surface area contributed by atoms with Crippen LogP contribution in [0, 0.1) is 5.92 Å². The van der Waals surface area contributed by atoms with Gasteiger partial charge in [0.2, 0.25) is 0 Å². The fourth-order valence-electron chi connectivity index (χ4n) is 3.68. The standard InChI is InChI=1S/C21H20N2O3/c1-13-10-14(12-15-6-5-9-26-15)20-17(11-13)19(21(24)23-25-2)16-7-3-4-8-18(16)22-20/h3-9,12-13H,10-11H2,1-2H3,(H,23,24). The third-order valence-electron chi connectivity index (χ3n) is 4.70. The Hall–Kier alpha value is -2.92. The van der Waals surface area contributed by atoms with Crippen LogP contribution in [0.25, 0.3) is 22.6 Å². The Kier molecular flexibility index (Phi) is 4.31. The molecule has 5 nitrogen and oxygen atoms in total. The van der Waals surface area contributed by atoms with Gasteiger partial charge in [-0.05, 0) is 54.2 Å². The summed E-state index contributed by atoms with van der Waals surface area (Å²) in [5.74, 6) is 0.951. The molecule has 5 heteroatoms. The summed E-state index contributed by atoms with van der Waals surface area (Å²) in [6, 6.07) is 11.5. The number of para-hydroxylation sites is 1. The van der Waals surface area contributed by atoms with Gasteiger partial charge in [0, 0.05) is 5.39 Å². The molecule has 1 N–H and O–H groups in total. The number of allylic oxidation sites excluding steroid dienone is 1. The minimum Gasteiger partial charge on any atom is -0.465 e. The molecule has 0 aliphatic heterocycles. The van der Waals surface area contributed by atoms with E-state index in [1.165, 1.54) is 7.11 Å². The summed E-state index contributed by atoms with van der Waals surface area (Å²) in [5, 5.41) is 0.840. The average Bonchev–Trinajstić information content (AvgIpc) is 3.13. The number of nitrogens with one attached hydrogen (secondary N) is 1. The number of aromatic nitrogens is 1. The second kappa shape index (κ2) is 6.77. The number of fused-ring (bicyclic) bond motifs is 2. The van der Waals surface area contributed by atoms with Crippen LogP contribution in [0.1, 0.15) is 40.7 Å². The van der Waals surface area contributed by atoms with Crippen molar-refractivity contribution in [1.29, 1.82) is 0 Å². The van der Waals surface area contributed by atoms with Crippen LogP contribution in [0.3, 0.4) is 0 Å². The van der Waals surface area contributed by atoms with Crippen molar-refractivity contribution >= 4 is 28.5 Å². The maximum absolute atomic E-state index is 12.8. The zero-order valence-electron chi connectivity index (χ0n) is 14.8. The first-order valence-electron chi connectivity index (χ1n) is 8.66. The quantitative estimate of drug-likeness (QED) is 0.719. The number of rotatable bonds is 3. The highest BCUT2D eigenvalue weighted by Crippen LogP contribution is 2.38. The van der Waals surface area contributed by atoms with Crippen LogP contribution in [0.4, 0.5) is 0 Å². The van der Waals surface area contributed by atoms with Crippen LogP contribution in [0.15, 0.2) is 47.1 Å². The van der Waals surface area contributed by atoms with E-state index in [-0.39, 0.29) is 5.91 Å². The predicted octanol–water partition coefficient (Wildman–Crippen LogP) is 4.24. The summed E-state index contributed by atoms with van der Waals surface area (Å²) in [6.07, 6.45) is 5.37. The molecule has 4 rings (SSSR count). The summed E-state index contributed by atoms with van der Waals surface area (Å²) >= 11 is 0. The predicted molar refractivity (Wildman–Crippen MR) is 100 cm³/mol. The third-order valence-corrected chi connectivity index (χ3v) is 4.70. The molecule has 3 aromatic rings. The van der Waals surface area contributed by atoms with Gasteiger partial charge in [0.25, 0.3) is 5.91 Å². The molecule has 2 aromatic heterocycles. The number of amides is 1. The first-order chi connectivity index (χ1) is 12.7. The molecular formula is C21H20N2O3. The van der Waals surface area contributed by atoms with Crippen molar-refractivity contribution in [2.24, 2.45) is 5.92 Å². The molecule has 0 saturated heterocycles. The van der Waals surface area contributed by atoms with Gasteiger partial charge in [-0.1, -0.05) is 25.1 Å². The SMILES string of the molecule is CONC(=O)c1c2c(nc3ccccc13)C(=Cc1ccco1)CC(C)C2. The number of hydroxylamine groups is 1. The van der Waals surface area contributed by atoms with Crippen molar-refractivity contribution in [3.63, 3.8) is 0 Å². The van der Waals surface area contributed by atoms with Gasteiger partial charge in [0.05, 0.1) is 30.1 Å². The highest BCUT2D eigenvalue weighted by Gasteiger charge is 2.28. The van der Waals surface area contributed by atoms with Gasteiger partial charge in [0.15, 0.2) is 0 Å². The van der Waals surface area contributed by atoms with Crippen molar-refractivity contribution in [3.8, 4) is 0 Å². The number of pyridine rings is 1. The molecule has 2 heterocycles. The molecule has 0 radical (unpaired) electrons. The molecule has 1 aliphatic rings. The Bertz CT molecular complexity index is 990. The van der Waals surface area contributed by atoms with Crippen molar-refractivity contribution in [2.75, 3.05) is 7.11 Å². The lowest BCUT2D eigenvalue weighted by atomic mass is 9.80. The maximum atomic E-state index is 12.8. The number of nitrogens with zero attached hydrogens (tertiary/aromatic N) is 1. The van der Waals surface area contributed by atoms with Gasteiger partial charge < -0.3 is 4.42 Å². The van der Waals surface area contributed by atoms with Gasteiger partial charge in [-0.3, -0.25) is 9.63 Å². The number of hydrogen-bond acceptors (Lipinski definition) is 4. The Morgan fingerprint density at radius 1 is 1.27 bits per heavy atom. The lowest BCUT2D eigenvalue weighted by Crippen LogP contribution is -2.26. The number of hydrogen-bond donors (Lipinski definition) is 1. The van der Waals surface area contributed by atoms with E-state index in [1.807, 2.05) is 42.5 Å². The molecule has 1 atom stereocenters. The minimum atomic E-state index is -0.242. The Balaban J connectivity index is 1.98. The third kappa shape index (κ3) is 2.91. The first-order valence-corrected chi connectivity index (χ1v) is 8.66. The van der Waals surface area contributed by atoms with E-state index in [0.717, 1.165) is 46.3 Å². The van der Waals surface area contributed by atoms with E-state index in [1.54, 1.807) is 6.26 Å². The largest absolute Gasteiger partial charge is 0.465 e. The fraction of sp³-hybridized carbons (Fsp3) is 0.238. The molecule has 0 saturated carbocycles. The summed E-state index contributed by atoms with van der Waals surface area (Å²) < 4.78 is 5.49.